The van der Waals surface area contributed by atoms with Gasteiger partial charge in [-0.3, -0.25) is 9.59 Å². The topological polar surface area (TPSA) is 229 Å². The SMILES string of the molecule is COc1cc2c(cc1O)CC1=CNC(N)C=C1[C@@H](Cc1cccc(CCc3ccccc3)c1)CC#CN=C(N)NC1(CCCC1)C[C@H]1CC[C@]3(C1)[C@@H](NC[C@H](C)O)C[C@@]1(C[C@H]4[C@H]5CCNC[C@H]5C[C@@H]5C=CCN[C@@H]45)C[C@H](CC[C@H]13)CC(=O)CC(=O)/C=C/2CO. The van der Waals surface area contributed by atoms with Gasteiger partial charge < -0.3 is 58.1 Å². The van der Waals surface area contributed by atoms with E-state index in [-0.39, 0.29) is 63.7 Å². The number of benzene rings is 3. The van der Waals surface area contributed by atoms with Crippen LogP contribution in [0.1, 0.15) is 150 Å². The van der Waals surface area contributed by atoms with Gasteiger partial charge in [-0.25, -0.2) is 0 Å². The Kier molecular flexibility index (Phi) is 19.7. The van der Waals surface area contributed by atoms with Gasteiger partial charge in [-0.15, -0.1) is 0 Å². The number of ether oxygens (including phenoxy) is 1. The highest BCUT2D eigenvalue weighted by atomic mass is 16.5. The molecule has 13 rings (SSSR count). The van der Waals surface area contributed by atoms with E-state index in [0.29, 0.717) is 96.4 Å². The van der Waals surface area contributed by atoms with Crippen molar-refractivity contribution in [2.45, 2.75) is 178 Å². The number of piperidine rings is 1. The zero-order valence-electron chi connectivity index (χ0n) is 52.9. The van der Waals surface area contributed by atoms with Crippen LogP contribution in [0, 0.1) is 70.1 Å². The lowest BCUT2D eigenvalue weighted by molar-refractivity contribution is -0.126. The number of ketones is 2. The summed E-state index contributed by atoms with van der Waals surface area (Å²) in [5, 5.41) is 52.8. The molecular formula is C75H100N8O6. The number of Topliss-reactive ketones (excluding diaryl/α,β-unsaturated/α-hetero) is 1. The number of guanidine groups is 1. The second kappa shape index (κ2) is 27.8. The van der Waals surface area contributed by atoms with E-state index < -0.39 is 18.9 Å². The highest BCUT2D eigenvalue weighted by molar-refractivity contribution is 6.08. The minimum absolute atomic E-state index is 0.0285. The molecule has 14 atom stereocenters. The van der Waals surface area contributed by atoms with E-state index in [1.54, 1.807) is 12.1 Å². The Morgan fingerprint density at radius 1 is 0.921 bits per heavy atom. The van der Waals surface area contributed by atoms with E-state index >= 15 is 0 Å². The van der Waals surface area contributed by atoms with Crippen LogP contribution in [-0.2, 0) is 35.3 Å². The molecule has 5 saturated carbocycles. The van der Waals surface area contributed by atoms with E-state index in [9.17, 15) is 24.9 Å². The molecule has 89 heavy (non-hydrogen) atoms. The van der Waals surface area contributed by atoms with Crippen molar-refractivity contribution in [1.29, 1.82) is 0 Å². The van der Waals surface area contributed by atoms with Gasteiger partial charge in [0.1, 0.15) is 5.78 Å². The van der Waals surface area contributed by atoms with Crippen molar-refractivity contribution < 1.29 is 29.6 Å². The summed E-state index contributed by atoms with van der Waals surface area (Å²) < 4.78 is 5.67. The van der Waals surface area contributed by atoms with E-state index in [0.717, 1.165) is 127 Å². The predicted octanol–water partition coefficient (Wildman–Crippen LogP) is 9.26. The lowest BCUT2D eigenvalue weighted by atomic mass is 9.52. The van der Waals surface area contributed by atoms with Gasteiger partial charge in [0.15, 0.2) is 17.3 Å². The van der Waals surface area contributed by atoms with Crippen LogP contribution < -0.4 is 42.8 Å². The number of nitrogens with zero attached hydrogens (tertiary/aromatic N) is 1. The predicted molar refractivity (Wildman–Crippen MR) is 353 cm³/mol. The molecule has 0 aromatic heterocycles. The maximum atomic E-state index is 14.7. The number of carbonyl (C=O) groups is 2. The van der Waals surface area contributed by atoms with Crippen molar-refractivity contribution in [3.8, 4) is 23.5 Å². The Hall–Kier alpha value is -6.05. The first-order valence-electron chi connectivity index (χ1n) is 34.1. The van der Waals surface area contributed by atoms with Crippen LogP contribution in [0.15, 0.2) is 113 Å². The number of aromatic hydroxyl groups is 1. The number of dihydropyridines is 1. The summed E-state index contributed by atoms with van der Waals surface area (Å²) in [5.74, 6) is 6.74. The zero-order chi connectivity index (χ0) is 61.7. The Morgan fingerprint density at radius 2 is 1.74 bits per heavy atom. The molecule has 6 fully saturated rings. The van der Waals surface area contributed by atoms with E-state index in [2.05, 4.69) is 105 Å². The quantitative estimate of drug-likeness (QED) is 0.0464. The lowest BCUT2D eigenvalue weighted by Crippen LogP contribution is -2.57. The average molecular weight is 1210 g/mol. The Morgan fingerprint density at radius 3 is 2.56 bits per heavy atom. The second-order valence-corrected chi connectivity index (χ2v) is 29.0. The number of nitrogens with two attached hydrogens (primary N) is 2. The minimum atomic E-state index is -0.478. The monoisotopic (exact) mass is 1210 g/mol. The van der Waals surface area contributed by atoms with Gasteiger partial charge in [0.05, 0.1) is 32.4 Å². The molecule has 2 spiro atoms. The fraction of sp³-hybridized carbons (Fsp3) is 0.587. The van der Waals surface area contributed by atoms with Crippen LogP contribution in [0.3, 0.4) is 0 Å². The molecule has 5 aliphatic carbocycles. The number of phenols is 1. The largest absolute Gasteiger partial charge is 0.504 e. The van der Waals surface area contributed by atoms with Crippen LogP contribution in [0.5, 0.6) is 11.5 Å². The van der Waals surface area contributed by atoms with Crippen molar-refractivity contribution in [1.82, 2.24) is 26.6 Å². The zero-order valence-corrected chi connectivity index (χ0v) is 52.9. The summed E-state index contributed by atoms with van der Waals surface area (Å²) in [6.45, 7) is 5.00. The minimum Gasteiger partial charge on any atom is -0.504 e. The molecular weight excluding hydrogens is 1110 g/mol. The molecule has 10 aliphatic rings. The normalized spacial score (nSPS) is 33.9. The Bertz CT molecular complexity index is 3240. The molecule has 14 heteroatoms. The molecule has 5 heterocycles. The number of phenolic OH excluding ortho intramolecular Hbond substituents is 1. The Balaban J connectivity index is 0.907. The number of allylic oxidation sites excluding steroid dienone is 3. The van der Waals surface area contributed by atoms with Gasteiger partial charge in [0.2, 0.25) is 5.96 Å². The molecule has 1 saturated heterocycles. The van der Waals surface area contributed by atoms with Gasteiger partial charge in [0.25, 0.3) is 0 Å². The first-order chi connectivity index (χ1) is 43.2. The summed E-state index contributed by atoms with van der Waals surface area (Å²) in [5.41, 5.74) is 20.7. The number of aliphatic hydroxyl groups is 2. The molecule has 12 N–H and O–H groups in total. The maximum Gasteiger partial charge on any atom is 0.202 e. The number of nitrogens with one attached hydrogen (secondary N) is 5. The van der Waals surface area contributed by atoms with Gasteiger partial charge >= 0.3 is 0 Å². The van der Waals surface area contributed by atoms with Crippen molar-refractivity contribution in [3.05, 3.63) is 136 Å². The number of methoxy groups -OCH3 is 1. The van der Waals surface area contributed by atoms with Crippen molar-refractivity contribution in [3.63, 3.8) is 0 Å². The summed E-state index contributed by atoms with van der Waals surface area (Å²) in [6, 6.07) is 26.5. The van der Waals surface area contributed by atoms with Crippen LogP contribution in [0.25, 0.3) is 5.57 Å². The van der Waals surface area contributed by atoms with Gasteiger partial charge in [-0.1, -0.05) is 85.5 Å². The first-order valence-corrected chi connectivity index (χ1v) is 34.1. The second-order valence-electron chi connectivity index (χ2n) is 29.0. The molecule has 14 nitrogen and oxygen atoms in total. The first kappa shape index (κ1) is 63.1. The van der Waals surface area contributed by atoms with Crippen molar-refractivity contribution in [2.24, 2.45) is 74.6 Å². The standard InChI is InChI=1S/C75H100N8O6/c1-48(85)44-81-69-43-73(42-65-62-22-28-78-45-57(62)32-55-16-10-26-79-71(55)65)39-52-19-20-68(73)75(69)25-21-53(41-75)40-74(23-6-7-24-74)83-72(77)80-27-9-15-54(30-51-14-8-13-50(29-51)18-17-49-11-4-3-5-12-49)64-38-70(76)82-46-58(64)33-56-35-66(88)67(89-2)37-63(56)59(47-84)34-61(87)36-60(86)31-52/h3-5,8,10-14,16,29,34-35,37-38,46,48,52-55,57,62,65,68-71,78-79,81-82,84-85,88H,6-7,15,17-26,28,30-33,36,39-45,47,76H2,1-2H3,(H3,77,80,83)/b59-34+/t48-,52+,53+,54+,55-,57+,62-,65-,68+,69-,70?,71+,73-,75+/m0/s1. The summed E-state index contributed by atoms with van der Waals surface area (Å²) in [7, 11) is 1.48. The number of hydrogen-bond donors (Lipinski definition) is 10. The molecule has 476 valence electrons. The molecule has 3 aromatic rings. The smallest absolute Gasteiger partial charge is 0.202 e. The number of hydrogen-bond acceptors (Lipinski definition) is 14. The Labute approximate surface area is 529 Å². The maximum absolute atomic E-state index is 14.7. The van der Waals surface area contributed by atoms with Gasteiger partial charge in [-0.05, 0) is 256 Å². The molecule has 1 unspecified atom stereocenters. The van der Waals surface area contributed by atoms with E-state index in [4.69, 9.17) is 21.2 Å². The molecule has 3 aromatic carbocycles. The summed E-state index contributed by atoms with van der Waals surface area (Å²) >= 11 is 0. The summed E-state index contributed by atoms with van der Waals surface area (Å²) in [6.07, 6.45) is 28.9. The molecule has 5 aliphatic heterocycles. The number of fused-ring (bicyclic) bond motifs is 11. The average Bonchev–Trinajstić information content (AvgIpc) is 1.59. The lowest BCUT2D eigenvalue weighted by Gasteiger charge is -2.55. The summed E-state index contributed by atoms with van der Waals surface area (Å²) in [4.78, 5) is 34.0. The van der Waals surface area contributed by atoms with Crippen molar-refractivity contribution >= 4 is 23.1 Å². The highest BCUT2D eigenvalue weighted by Gasteiger charge is 2.66. The van der Waals surface area contributed by atoms with Crippen LogP contribution >= 0.6 is 0 Å². The molecule has 5 bridgehead atoms. The number of aryl methyl sites for hydroxylation is 2. The molecule has 0 amide bonds. The number of carbonyl (C=O) groups excluding carboxylic acids is 2. The number of rotatable bonds is 12. The molecule has 0 radical (unpaired) electrons. The third-order valence-corrected chi connectivity index (χ3v) is 23.3. The fourth-order valence-corrected chi connectivity index (χ4v) is 19.8. The highest BCUT2D eigenvalue weighted by Crippen LogP contribution is 2.71. The van der Waals surface area contributed by atoms with E-state index in [1.165, 1.54) is 42.7 Å². The fourth-order valence-electron chi connectivity index (χ4n) is 19.8. The van der Waals surface area contributed by atoms with Crippen LogP contribution in [0.2, 0.25) is 0 Å². The number of aliphatic imine (C=N–C) groups is 1. The third-order valence-electron chi connectivity index (χ3n) is 23.3. The van der Waals surface area contributed by atoms with Crippen molar-refractivity contribution in [2.75, 3.05) is 39.9 Å². The van der Waals surface area contributed by atoms with Crippen LogP contribution in [-0.4, -0.2) is 103 Å². The van der Waals surface area contributed by atoms with Gasteiger partial charge in [0, 0.05) is 55.8 Å². The van der Waals surface area contributed by atoms with Crippen LogP contribution in [0.4, 0.5) is 0 Å². The third kappa shape index (κ3) is 14.2. The van der Waals surface area contributed by atoms with E-state index in [1.807, 2.05) is 19.2 Å². The number of aliphatic hydroxyl groups excluding tert-OH is 2. The van der Waals surface area contributed by atoms with Gasteiger partial charge in [-0.2, -0.15) is 4.99 Å².